The van der Waals surface area contributed by atoms with E-state index in [9.17, 15) is 4.79 Å². The third-order valence-electron chi connectivity index (χ3n) is 2.04. The molecule has 0 heterocycles. The topological polar surface area (TPSA) is 50.1 Å². The Hall–Kier alpha value is -2.08. The van der Waals surface area contributed by atoms with Crippen LogP contribution in [0.4, 0.5) is 0 Å². The van der Waals surface area contributed by atoms with Gasteiger partial charge in [-0.05, 0) is 38.5 Å². The van der Waals surface area contributed by atoms with Gasteiger partial charge in [0.2, 0.25) is 0 Å². The van der Waals surface area contributed by atoms with Gasteiger partial charge in [0, 0.05) is 0 Å². The second-order valence-corrected chi connectivity index (χ2v) is 4.89. The maximum Gasteiger partial charge on any atom is 0.338 e. The van der Waals surface area contributed by atoms with Crippen LogP contribution >= 0.6 is 0 Å². The minimum atomic E-state index is -0.496. The van der Waals surface area contributed by atoms with Crippen LogP contribution in [-0.2, 0) is 4.74 Å². The monoisotopic (exact) mass is 243 g/mol. The van der Waals surface area contributed by atoms with Crippen molar-refractivity contribution in [2.75, 3.05) is 0 Å². The molecule has 0 spiro atoms. The molecule has 0 aliphatic heterocycles. The van der Waals surface area contributed by atoms with Gasteiger partial charge in [0.05, 0.1) is 18.1 Å². The summed E-state index contributed by atoms with van der Waals surface area (Å²) in [6, 6.07) is 9.17. The molecule has 0 amide bonds. The van der Waals surface area contributed by atoms with Crippen molar-refractivity contribution in [3.63, 3.8) is 0 Å². The third kappa shape index (κ3) is 4.84. The van der Waals surface area contributed by atoms with Crippen molar-refractivity contribution >= 4 is 12.0 Å². The number of esters is 1. The van der Waals surface area contributed by atoms with E-state index in [1.165, 1.54) is 0 Å². The van der Waals surface area contributed by atoms with Crippen LogP contribution in [0, 0.1) is 11.3 Å². The predicted molar refractivity (Wildman–Crippen MR) is 70.9 cm³/mol. The largest absolute Gasteiger partial charge is 0.456 e. The molecule has 1 aromatic rings. The fourth-order valence-electron chi connectivity index (χ4n) is 1.35. The number of allylic oxidation sites excluding steroid dienone is 1. The molecule has 0 unspecified atom stereocenters. The number of nitrogens with zero attached hydrogens (tertiary/aromatic N) is 1. The molecule has 0 aliphatic rings. The molecule has 0 fully saturated rings. The van der Waals surface area contributed by atoms with Gasteiger partial charge in [0.1, 0.15) is 5.60 Å². The third-order valence-corrected chi connectivity index (χ3v) is 2.04. The second-order valence-electron chi connectivity index (χ2n) is 4.89. The van der Waals surface area contributed by atoms with Crippen molar-refractivity contribution in [3.05, 3.63) is 41.5 Å². The van der Waals surface area contributed by atoms with Crippen molar-refractivity contribution < 1.29 is 9.53 Å². The van der Waals surface area contributed by atoms with Gasteiger partial charge in [-0.3, -0.25) is 0 Å². The fourth-order valence-corrected chi connectivity index (χ4v) is 1.35. The van der Waals surface area contributed by atoms with Gasteiger partial charge in [-0.1, -0.05) is 24.3 Å². The van der Waals surface area contributed by atoms with Gasteiger partial charge in [0.25, 0.3) is 0 Å². The SMILES string of the molecule is CC(C)(C)OC(=O)c1cccc(C=CCC#N)c1. The Balaban J connectivity index is 2.82. The Kier molecular flexibility index (Phi) is 4.67. The highest BCUT2D eigenvalue weighted by Crippen LogP contribution is 2.14. The van der Waals surface area contributed by atoms with Crippen molar-refractivity contribution in [2.45, 2.75) is 32.8 Å². The summed E-state index contributed by atoms with van der Waals surface area (Å²) >= 11 is 0. The van der Waals surface area contributed by atoms with Crippen LogP contribution in [-0.4, -0.2) is 11.6 Å². The number of hydrogen-bond donors (Lipinski definition) is 0. The highest BCUT2D eigenvalue weighted by atomic mass is 16.6. The number of carbonyl (C=O) groups is 1. The van der Waals surface area contributed by atoms with E-state index < -0.39 is 5.60 Å². The predicted octanol–water partition coefficient (Wildman–Crippen LogP) is 3.57. The van der Waals surface area contributed by atoms with E-state index in [1.807, 2.05) is 39.0 Å². The zero-order valence-electron chi connectivity index (χ0n) is 10.9. The molecule has 3 heteroatoms. The smallest absolute Gasteiger partial charge is 0.338 e. The maximum atomic E-state index is 11.8. The molecule has 0 aromatic heterocycles. The quantitative estimate of drug-likeness (QED) is 0.762. The number of carbonyl (C=O) groups excluding carboxylic acids is 1. The molecule has 1 aromatic carbocycles. The summed E-state index contributed by atoms with van der Waals surface area (Å²) < 4.78 is 5.29. The zero-order valence-corrected chi connectivity index (χ0v) is 10.9. The van der Waals surface area contributed by atoms with Crippen molar-refractivity contribution in [3.8, 4) is 6.07 Å². The average molecular weight is 243 g/mol. The summed E-state index contributed by atoms with van der Waals surface area (Å²) in [6.45, 7) is 5.50. The van der Waals surface area contributed by atoms with Gasteiger partial charge < -0.3 is 4.74 Å². The van der Waals surface area contributed by atoms with Gasteiger partial charge in [-0.15, -0.1) is 0 Å². The van der Waals surface area contributed by atoms with Gasteiger partial charge in [-0.2, -0.15) is 5.26 Å². The Morgan fingerprint density at radius 1 is 1.44 bits per heavy atom. The fraction of sp³-hybridized carbons (Fsp3) is 0.333. The molecule has 1 rings (SSSR count). The molecule has 0 aliphatic carbocycles. The highest BCUT2D eigenvalue weighted by molar-refractivity contribution is 5.90. The van der Waals surface area contributed by atoms with E-state index in [0.717, 1.165) is 5.56 Å². The van der Waals surface area contributed by atoms with E-state index in [0.29, 0.717) is 12.0 Å². The van der Waals surface area contributed by atoms with Crippen LogP contribution < -0.4 is 0 Å². The van der Waals surface area contributed by atoms with E-state index >= 15 is 0 Å². The number of rotatable bonds is 3. The first-order valence-corrected chi connectivity index (χ1v) is 5.79. The van der Waals surface area contributed by atoms with Crippen LogP contribution in [0.25, 0.3) is 6.08 Å². The van der Waals surface area contributed by atoms with Crippen LogP contribution in [0.5, 0.6) is 0 Å². The average Bonchev–Trinajstić information content (AvgIpc) is 2.27. The van der Waals surface area contributed by atoms with Gasteiger partial charge in [0.15, 0.2) is 0 Å². The molecule has 0 atom stereocenters. The Bertz CT molecular complexity index is 490. The Morgan fingerprint density at radius 3 is 2.78 bits per heavy atom. The first-order chi connectivity index (χ1) is 8.42. The maximum absolute atomic E-state index is 11.8. The number of ether oxygens (including phenoxy) is 1. The van der Waals surface area contributed by atoms with Crippen LogP contribution in [0.1, 0.15) is 43.1 Å². The first kappa shape index (κ1) is 14.0. The minimum Gasteiger partial charge on any atom is -0.456 e. The molecule has 0 saturated carbocycles. The summed E-state index contributed by atoms with van der Waals surface area (Å²) in [5.41, 5.74) is 0.904. The number of nitriles is 1. The summed E-state index contributed by atoms with van der Waals surface area (Å²) in [5.74, 6) is -0.335. The minimum absolute atomic E-state index is 0.335. The lowest BCUT2D eigenvalue weighted by Gasteiger charge is -2.19. The van der Waals surface area contributed by atoms with Crippen LogP contribution in [0.3, 0.4) is 0 Å². The lowest BCUT2D eigenvalue weighted by Crippen LogP contribution is -2.23. The first-order valence-electron chi connectivity index (χ1n) is 5.79. The molecular formula is C15H17NO2. The summed E-state index contributed by atoms with van der Waals surface area (Å²) in [4.78, 5) is 11.8. The lowest BCUT2D eigenvalue weighted by atomic mass is 10.1. The number of benzene rings is 1. The second kappa shape index (κ2) is 6.02. The molecule has 18 heavy (non-hydrogen) atoms. The van der Waals surface area contributed by atoms with E-state index in [1.54, 1.807) is 24.3 Å². The van der Waals surface area contributed by atoms with Crippen molar-refractivity contribution in [1.82, 2.24) is 0 Å². The van der Waals surface area contributed by atoms with Crippen LogP contribution in [0.2, 0.25) is 0 Å². The summed E-state index contributed by atoms with van der Waals surface area (Å²) in [7, 11) is 0. The Morgan fingerprint density at radius 2 is 2.17 bits per heavy atom. The van der Waals surface area contributed by atoms with E-state index in [4.69, 9.17) is 10.00 Å². The van der Waals surface area contributed by atoms with Crippen LogP contribution in [0.15, 0.2) is 30.3 Å². The van der Waals surface area contributed by atoms with Gasteiger partial charge in [-0.25, -0.2) is 4.79 Å². The number of hydrogen-bond acceptors (Lipinski definition) is 3. The molecule has 94 valence electrons. The normalized spacial score (nSPS) is 11.2. The molecule has 3 nitrogen and oxygen atoms in total. The van der Waals surface area contributed by atoms with E-state index in [-0.39, 0.29) is 5.97 Å². The standard InChI is InChI=1S/C15H17NO2/c1-15(2,3)18-14(17)13-9-6-8-12(11-13)7-4-5-10-16/h4,6-9,11H,5H2,1-3H3. The molecule has 0 radical (unpaired) electrons. The molecule has 0 N–H and O–H groups in total. The Labute approximate surface area is 108 Å². The van der Waals surface area contributed by atoms with Crippen molar-refractivity contribution in [2.24, 2.45) is 0 Å². The lowest BCUT2D eigenvalue weighted by molar-refractivity contribution is 0.00695. The molecular weight excluding hydrogens is 226 g/mol. The van der Waals surface area contributed by atoms with E-state index in [2.05, 4.69) is 0 Å². The summed E-state index contributed by atoms with van der Waals surface area (Å²) in [5, 5.41) is 8.44. The highest BCUT2D eigenvalue weighted by Gasteiger charge is 2.17. The molecule has 0 saturated heterocycles. The molecule has 0 bridgehead atoms. The van der Waals surface area contributed by atoms with Crippen molar-refractivity contribution in [1.29, 1.82) is 5.26 Å². The zero-order chi connectivity index (χ0) is 13.6. The van der Waals surface area contributed by atoms with Gasteiger partial charge >= 0.3 is 5.97 Å². The summed E-state index contributed by atoms with van der Waals surface area (Å²) in [6.07, 6.45) is 3.93.